The van der Waals surface area contributed by atoms with Crippen molar-refractivity contribution in [1.82, 2.24) is 4.98 Å². The molecule has 0 bridgehead atoms. The Morgan fingerprint density at radius 2 is 0.843 bits per heavy atom. The Morgan fingerprint density at radius 3 is 1.39 bits per heavy atom. The van der Waals surface area contributed by atoms with E-state index in [4.69, 9.17) is 0 Å². The highest BCUT2D eigenvalue weighted by atomic mass is 16.2. The number of H-pyrrole nitrogens is 1. The quantitative estimate of drug-likeness (QED) is 0.140. The first kappa shape index (κ1) is 29.8. The van der Waals surface area contributed by atoms with E-state index in [0.29, 0.717) is 27.4 Å². The largest absolute Gasteiger partial charge is 0.354 e. The van der Waals surface area contributed by atoms with E-state index in [1.165, 1.54) is 24.3 Å². The molecule has 9 aromatic rings. The molecule has 3 N–H and O–H groups in total. The Kier molecular flexibility index (Phi) is 6.52. The molecule has 8 aromatic carbocycles. The second-order valence-corrected chi connectivity index (χ2v) is 12.4. The summed E-state index contributed by atoms with van der Waals surface area (Å²) in [5.41, 5.74) is 0.0105. The van der Waals surface area contributed by atoms with Gasteiger partial charge in [0, 0.05) is 76.5 Å². The Bertz CT molecular complexity index is 3200. The van der Waals surface area contributed by atoms with Crippen LogP contribution in [0.5, 0.6) is 0 Å². The van der Waals surface area contributed by atoms with Crippen LogP contribution in [0.15, 0.2) is 141 Å². The van der Waals surface area contributed by atoms with Crippen molar-refractivity contribution < 1.29 is 9.59 Å². The number of fused-ring (bicyclic) bond motifs is 10. The highest BCUT2D eigenvalue weighted by Crippen LogP contribution is 2.36. The molecule has 242 valence electrons. The van der Waals surface area contributed by atoms with Gasteiger partial charge in [-0.05, 0) is 66.7 Å². The Morgan fingerprint density at radius 1 is 0.412 bits per heavy atom. The average molecular weight is 666 g/mol. The lowest BCUT2D eigenvalue weighted by Gasteiger charge is -2.11. The van der Waals surface area contributed by atoms with Crippen molar-refractivity contribution >= 4 is 88.1 Å². The number of rotatable bonds is 4. The number of benzene rings is 8. The molecule has 1 heterocycles. The van der Waals surface area contributed by atoms with E-state index < -0.39 is 33.5 Å². The molecule has 0 aliphatic rings. The van der Waals surface area contributed by atoms with Gasteiger partial charge in [0.15, 0.2) is 21.7 Å². The lowest BCUT2D eigenvalue weighted by Crippen LogP contribution is -2.20. The van der Waals surface area contributed by atoms with Crippen molar-refractivity contribution in [3.05, 3.63) is 173 Å². The summed E-state index contributed by atoms with van der Waals surface area (Å²) in [6, 6.07) is 33.2. The van der Waals surface area contributed by atoms with Crippen LogP contribution in [-0.4, -0.2) is 16.8 Å². The molecule has 9 rings (SSSR count). The molecule has 2 amide bonds. The summed E-state index contributed by atoms with van der Waals surface area (Å²) in [4.78, 5) is 87.4. The first-order valence-electron chi connectivity index (χ1n) is 16.1. The number of nitrogens with one attached hydrogen (secondary N) is 3. The summed E-state index contributed by atoms with van der Waals surface area (Å²) in [5.74, 6) is -0.814. The lowest BCUT2D eigenvalue weighted by molar-refractivity contribution is 0.101. The van der Waals surface area contributed by atoms with Gasteiger partial charge >= 0.3 is 0 Å². The summed E-state index contributed by atoms with van der Waals surface area (Å²) in [7, 11) is 0. The molecule has 0 aliphatic heterocycles. The predicted octanol–water partition coefficient (Wildman–Crippen LogP) is 6.75. The van der Waals surface area contributed by atoms with Gasteiger partial charge in [-0.3, -0.25) is 28.8 Å². The molecule has 0 aliphatic carbocycles. The highest BCUT2D eigenvalue weighted by molar-refractivity contribution is 6.33. The van der Waals surface area contributed by atoms with Gasteiger partial charge in [-0.25, -0.2) is 0 Å². The summed E-state index contributed by atoms with van der Waals surface area (Å²) < 4.78 is 0. The molecule has 0 unspecified atom stereocenters. The number of hydrogen-bond acceptors (Lipinski definition) is 6. The average Bonchev–Trinajstić information content (AvgIpc) is 3.55. The van der Waals surface area contributed by atoms with Crippen LogP contribution in [0.25, 0.3) is 64.9 Å². The summed E-state index contributed by atoms with van der Waals surface area (Å²) in [5, 5.41) is 6.41. The molecule has 1 aromatic heterocycles. The van der Waals surface area contributed by atoms with Crippen LogP contribution < -0.4 is 32.3 Å². The standard InChI is InChI=1S/C42H23N3O6/c46-37-25-17-15-23(43-41(50)21-9-3-1-4-10-21)19-28(25)39(48)33-32(37)31-27-13-7-8-14-30(27)45-36(31)35-34(33)40(49)29-20-24(16-18-26(29)38(35)47)44-42(51)22-11-5-2-6-12-22/h1-20,45H,(H,43,50)(H,44,51). The zero-order valence-corrected chi connectivity index (χ0v) is 26.5. The van der Waals surface area contributed by atoms with Gasteiger partial charge in [-0.2, -0.15) is 0 Å². The van der Waals surface area contributed by atoms with E-state index in [2.05, 4.69) is 15.6 Å². The van der Waals surface area contributed by atoms with E-state index in [1.54, 1.807) is 97.1 Å². The van der Waals surface area contributed by atoms with Crippen molar-refractivity contribution in [1.29, 1.82) is 0 Å². The van der Waals surface area contributed by atoms with E-state index >= 15 is 0 Å². The van der Waals surface area contributed by atoms with E-state index in [1.807, 2.05) is 0 Å². The number of anilines is 2. The van der Waals surface area contributed by atoms with Crippen LogP contribution in [0.2, 0.25) is 0 Å². The van der Waals surface area contributed by atoms with Crippen LogP contribution in [0, 0.1) is 0 Å². The second-order valence-electron chi connectivity index (χ2n) is 12.4. The topological polar surface area (TPSA) is 142 Å². The van der Waals surface area contributed by atoms with E-state index in [0.717, 1.165) is 0 Å². The third-order valence-electron chi connectivity index (χ3n) is 9.47. The Hall–Kier alpha value is -7.26. The number of hydrogen-bond donors (Lipinski definition) is 3. The van der Waals surface area contributed by atoms with Crippen LogP contribution in [-0.2, 0) is 0 Å². The van der Waals surface area contributed by atoms with Crippen LogP contribution in [0.4, 0.5) is 11.4 Å². The molecule has 9 nitrogen and oxygen atoms in total. The Labute approximate surface area is 286 Å². The monoisotopic (exact) mass is 665 g/mol. The van der Waals surface area contributed by atoms with Crippen molar-refractivity contribution in [2.75, 3.05) is 10.6 Å². The third-order valence-corrected chi connectivity index (χ3v) is 9.47. The minimum atomic E-state index is -0.634. The Balaban J connectivity index is 1.37. The normalized spacial score (nSPS) is 11.6. The fourth-order valence-corrected chi connectivity index (χ4v) is 7.14. The van der Waals surface area contributed by atoms with Gasteiger partial charge in [0.25, 0.3) is 11.8 Å². The predicted molar refractivity (Wildman–Crippen MR) is 202 cm³/mol. The highest BCUT2D eigenvalue weighted by Gasteiger charge is 2.25. The number of aromatic amines is 1. The first-order chi connectivity index (χ1) is 24.8. The van der Waals surface area contributed by atoms with Gasteiger partial charge in [0.05, 0.1) is 10.9 Å². The van der Waals surface area contributed by atoms with Gasteiger partial charge in [0.1, 0.15) is 0 Å². The number of aromatic nitrogens is 1. The van der Waals surface area contributed by atoms with Crippen LogP contribution in [0.1, 0.15) is 20.7 Å². The van der Waals surface area contributed by atoms with Gasteiger partial charge in [0.2, 0.25) is 0 Å². The first-order valence-corrected chi connectivity index (χ1v) is 16.1. The van der Waals surface area contributed by atoms with Crippen molar-refractivity contribution in [2.45, 2.75) is 0 Å². The maximum absolute atomic E-state index is 14.7. The number of para-hydroxylation sites is 1. The molecule has 0 saturated carbocycles. The third kappa shape index (κ3) is 4.49. The molecule has 0 saturated heterocycles. The summed E-state index contributed by atoms with van der Waals surface area (Å²) in [6.07, 6.45) is 0. The molecular weight excluding hydrogens is 642 g/mol. The van der Waals surface area contributed by atoms with E-state index in [9.17, 15) is 28.8 Å². The smallest absolute Gasteiger partial charge is 0.255 e. The van der Waals surface area contributed by atoms with E-state index in [-0.39, 0.29) is 60.0 Å². The number of amides is 2. The van der Waals surface area contributed by atoms with Gasteiger partial charge in [-0.1, -0.05) is 54.6 Å². The molecule has 0 radical (unpaired) electrons. The SMILES string of the molecule is O=C(Nc1ccc2c(=O)c3c4[nH]c5ccccc5c4c4c(=O)c5ccc(NC(=O)c6ccccc6)cc5c(=O)c4c3c(=O)c2c1)c1ccccc1. The minimum absolute atomic E-state index is 0.00310. The molecule has 0 fully saturated rings. The van der Waals surface area contributed by atoms with Crippen molar-refractivity contribution in [3.63, 3.8) is 0 Å². The van der Waals surface area contributed by atoms with Gasteiger partial charge < -0.3 is 15.6 Å². The molecular formula is C42H23N3O6. The second kappa shape index (κ2) is 11.1. The summed E-state index contributed by atoms with van der Waals surface area (Å²) >= 11 is 0. The number of carbonyl (C=O) groups excluding carboxylic acids is 2. The number of carbonyl (C=O) groups is 2. The zero-order chi connectivity index (χ0) is 35.0. The molecule has 0 spiro atoms. The lowest BCUT2D eigenvalue weighted by atomic mass is 9.91. The maximum Gasteiger partial charge on any atom is 0.255 e. The minimum Gasteiger partial charge on any atom is -0.354 e. The van der Waals surface area contributed by atoms with Crippen LogP contribution >= 0.6 is 0 Å². The fraction of sp³-hybridized carbons (Fsp3) is 0. The van der Waals surface area contributed by atoms with Crippen LogP contribution in [0.3, 0.4) is 0 Å². The summed E-state index contributed by atoms with van der Waals surface area (Å²) in [6.45, 7) is 0. The molecule has 51 heavy (non-hydrogen) atoms. The fourth-order valence-electron chi connectivity index (χ4n) is 7.14. The van der Waals surface area contributed by atoms with Crippen molar-refractivity contribution in [2.24, 2.45) is 0 Å². The molecule has 9 heteroatoms. The van der Waals surface area contributed by atoms with Crippen molar-refractivity contribution in [3.8, 4) is 0 Å². The van der Waals surface area contributed by atoms with Gasteiger partial charge in [-0.15, -0.1) is 0 Å². The zero-order valence-electron chi connectivity index (χ0n) is 26.5. The maximum atomic E-state index is 14.7. The molecule has 0 atom stereocenters.